The molecular weight excluding hydrogens is 250 g/mol. The van der Waals surface area contributed by atoms with Crippen LogP contribution in [0.2, 0.25) is 0 Å². The van der Waals surface area contributed by atoms with Crippen molar-refractivity contribution in [2.45, 2.75) is 36.8 Å². The number of anilines is 1. The highest BCUT2D eigenvalue weighted by molar-refractivity contribution is 8.00. The van der Waals surface area contributed by atoms with Gasteiger partial charge in [0, 0.05) is 11.3 Å². The Morgan fingerprint density at radius 3 is 2.56 bits per heavy atom. The van der Waals surface area contributed by atoms with Crippen molar-refractivity contribution in [3.8, 4) is 0 Å². The Morgan fingerprint density at radius 2 is 2.00 bits per heavy atom. The lowest BCUT2D eigenvalue weighted by Crippen LogP contribution is -2.16. The molecule has 0 bridgehead atoms. The van der Waals surface area contributed by atoms with Crippen LogP contribution < -0.4 is 5.32 Å². The lowest BCUT2D eigenvalue weighted by atomic mass is 10.3. The Morgan fingerprint density at radius 1 is 1.33 bits per heavy atom. The molecule has 1 rings (SSSR count). The van der Waals surface area contributed by atoms with Crippen LogP contribution in [-0.4, -0.2) is 22.2 Å². The zero-order valence-corrected chi connectivity index (χ0v) is 11.3. The monoisotopic (exact) mass is 267 g/mol. The molecule has 0 unspecified atom stereocenters. The second kappa shape index (κ2) is 7.06. The third kappa shape index (κ3) is 4.07. The van der Waals surface area contributed by atoms with Crippen LogP contribution in [0, 0.1) is 0 Å². The molecule has 1 aromatic carbocycles. The van der Waals surface area contributed by atoms with Gasteiger partial charge in [0.2, 0.25) is 5.91 Å². The van der Waals surface area contributed by atoms with Crippen molar-refractivity contribution in [2.75, 3.05) is 5.32 Å². The van der Waals surface area contributed by atoms with Crippen LogP contribution >= 0.6 is 11.8 Å². The number of hydrogen-bond donors (Lipinski definition) is 2. The molecule has 0 aromatic heterocycles. The lowest BCUT2D eigenvalue weighted by molar-refractivity contribution is -0.136. The van der Waals surface area contributed by atoms with Gasteiger partial charge in [-0.15, -0.1) is 11.8 Å². The number of carbonyl (C=O) groups is 2. The van der Waals surface area contributed by atoms with Crippen LogP contribution in [0.4, 0.5) is 5.69 Å². The maximum Gasteiger partial charge on any atom is 0.316 e. The van der Waals surface area contributed by atoms with E-state index < -0.39 is 11.2 Å². The lowest BCUT2D eigenvalue weighted by Gasteiger charge is -2.13. The average Bonchev–Trinajstić information content (AvgIpc) is 2.37. The number of thioether (sulfide) groups is 1. The fourth-order valence-electron chi connectivity index (χ4n) is 1.37. The molecule has 4 nitrogen and oxygen atoms in total. The molecule has 0 spiro atoms. The largest absolute Gasteiger partial charge is 0.480 e. The Balaban J connectivity index is 2.87. The second-order valence-electron chi connectivity index (χ2n) is 3.75. The minimum atomic E-state index is -0.834. The standard InChI is InChI=1S/C13H17NO3S/c1-3-10(13(16)17)18-11-8-6-5-7-9(11)14-12(15)4-2/h5-8,10H,3-4H2,1-2H3,(H,14,15)(H,16,17)/t10-/m0/s1. The van der Waals surface area contributed by atoms with E-state index in [4.69, 9.17) is 5.11 Å². The first kappa shape index (κ1) is 14.6. The number of carboxylic acid groups (broad SMARTS) is 1. The van der Waals surface area contributed by atoms with Gasteiger partial charge in [-0.3, -0.25) is 9.59 Å². The summed E-state index contributed by atoms with van der Waals surface area (Å²) in [6.45, 7) is 3.61. The highest BCUT2D eigenvalue weighted by Gasteiger charge is 2.18. The van der Waals surface area contributed by atoms with Crippen molar-refractivity contribution in [1.29, 1.82) is 0 Å². The third-order valence-corrected chi connectivity index (χ3v) is 3.83. The zero-order chi connectivity index (χ0) is 13.5. The van der Waals surface area contributed by atoms with Crippen LogP contribution in [0.3, 0.4) is 0 Å². The highest BCUT2D eigenvalue weighted by Crippen LogP contribution is 2.31. The van der Waals surface area contributed by atoms with E-state index in [1.807, 2.05) is 25.1 Å². The highest BCUT2D eigenvalue weighted by atomic mass is 32.2. The van der Waals surface area contributed by atoms with Crippen LogP contribution in [0.15, 0.2) is 29.2 Å². The van der Waals surface area contributed by atoms with Crippen molar-refractivity contribution >= 4 is 29.3 Å². The van der Waals surface area contributed by atoms with Gasteiger partial charge in [0.15, 0.2) is 0 Å². The minimum absolute atomic E-state index is 0.0774. The van der Waals surface area contributed by atoms with Crippen LogP contribution in [-0.2, 0) is 9.59 Å². The topological polar surface area (TPSA) is 66.4 Å². The molecule has 2 N–H and O–H groups in total. The second-order valence-corrected chi connectivity index (χ2v) is 5.00. The fraction of sp³-hybridized carbons (Fsp3) is 0.385. The number of benzene rings is 1. The van der Waals surface area contributed by atoms with Gasteiger partial charge in [0.1, 0.15) is 5.25 Å². The maximum atomic E-state index is 11.4. The summed E-state index contributed by atoms with van der Waals surface area (Å²) in [4.78, 5) is 23.2. The molecular formula is C13H17NO3S. The molecule has 0 fully saturated rings. The predicted molar refractivity (Wildman–Crippen MR) is 72.9 cm³/mol. The molecule has 0 saturated carbocycles. The minimum Gasteiger partial charge on any atom is -0.480 e. The Bertz CT molecular complexity index is 434. The first-order chi connectivity index (χ1) is 8.58. The summed E-state index contributed by atoms with van der Waals surface area (Å²) in [5.74, 6) is -0.912. The van der Waals surface area contributed by atoms with Crippen molar-refractivity contribution < 1.29 is 14.7 Å². The Kier molecular flexibility index (Phi) is 5.71. The van der Waals surface area contributed by atoms with Crippen LogP contribution in [0.1, 0.15) is 26.7 Å². The maximum absolute atomic E-state index is 11.4. The molecule has 1 aromatic rings. The van der Waals surface area contributed by atoms with Gasteiger partial charge in [0.25, 0.3) is 0 Å². The van der Waals surface area contributed by atoms with Gasteiger partial charge < -0.3 is 10.4 Å². The van der Waals surface area contributed by atoms with Crippen molar-refractivity contribution in [3.63, 3.8) is 0 Å². The summed E-state index contributed by atoms with van der Waals surface area (Å²) >= 11 is 1.26. The number of rotatable bonds is 6. The van der Waals surface area contributed by atoms with E-state index in [9.17, 15) is 9.59 Å². The van der Waals surface area contributed by atoms with Gasteiger partial charge in [0.05, 0.1) is 5.69 Å². The first-order valence-corrected chi connectivity index (χ1v) is 6.74. The summed E-state index contributed by atoms with van der Waals surface area (Å²) in [7, 11) is 0. The van der Waals surface area contributed by atoms with E-state index in [0.29, 0.717) is 18.5 Å². The molecule has 18 heavy (non-hydrogen) atoms. The molecule has 1 amide bonds. The number of nitrogens with one attached hydrogen (secondary N) is 1. The van der Waals surface area contributed by atoms with Crippen LogP contribution in [0.5, 0.6) is 0 Å². The number of amides is 1. The molecule has 0 aliphatic heterocycles. The molecule has 0 radical (unpaired) electrons. The molecule has 0 aliphatic rings. The molecule has 5 heteroatoms. The van der Waals surface area contributed by atoms with Gasteiger partial charge >= 0.3 is 5.97 Å². The van der Waals surface area contributed by atoms with E-state index in [-0.39, 0.29) is 5.91 Å². The van der Waals surface area contributed by atoms with E-state index in [2.05, 4.69) is 5.32 Å². The number of carboxylic acids is 1. The average molecular weight is 267 g/mol. The summed E-state index contributed by atoms with van der Waals surface area (Å²) in [5, 5.41) is 11.3. The Hall–Kier alpha value is -1.49. The fourth-order valence-corrected chi connectivity index (χ4v) is 2.35. The zero-order valence-electron chi connectivity index (χ0n) is 10.5. The van der Waals surface area contributed by atoms with E-state index >= 15 is 0 Å². The smallest absolute Gasteiger partial charge is 0.316 e. The van der Waals surface area contributed by atoms with Gasteiger partial charge in [-0.1, -0.05) is 26.0 Å². The SMILES string of the molecule is CCC(=O)Nc1ccccc1S[C@@H](CC)C(=O)O. The number of para-hydroxylation sites is 1. The summed E-state index contributed by atoms with van der Waals surface area (Å²) in [5.41, 5.74) is 0.675. The number of aliphatic carboxylic acids is 1. The van der Waals surface area contributed by atoms with E-state index in [1.165, 1.54) is 11.8 Å². The van der Waals surface area contributed by atoms with Gasteiger partial charge in [-0.2, -0.15) is 0 Å². The molecule has 98 valence electrons. The first-order valence-electron chi connectivity index (χ1n) is 5.86. The van der Waals surface area contributed by atoms with E-state index in [1.54, 1.807) is 13.0 Å². The number of carbonyl (C=O) groups excluding carboxylic acids is 1. The van der Waals surface area contributed by atoms with E-state index in [0.717, 1.165) is 4.90 Å². The molecule has 1 atom stereocenters. The van der Waals surface area contributed by atoms with Crippen molar-refractivity contribution in [1.82, 2.24) is 0 Å². The Labute approximate surface area is 111 Å². The van der Waals surface area contributed by atoms with Crippen LogP contribution in [0.25, 0.3) is 0 Å². The van der Waals surface area contributed by atoms with Gasteiger partial charge in [-0.25, -0.2) is 0 Å². The summed E-state index contributed by atoms with van der Waals surface area (Å²) < 4.78 is 0. The normalized spacial score (nSPS) is 11.9. The summed E-state index contributed by atoms with van der Waals surface area (Å²) in [6, 6.07) is 7.25. The van der Waals surface area contributed by atoms with Gasteiger partial charge in [-0.05, 0) is 18.6 Å². The third-order valence-electron chi connectivity index (χ3n) is 2.40. The van der Waals surface area contributed by atoms with Crippen molar-refractivity contribution in [2.24, 2.45) is 0 Å². The summed E-state index contributed by atoms with van der Waals surface area (Å²) in [6.07, 6.45) is 0.936. The predicted octanol–water partition coefficient (Wildman–Crippen LogP) is 2.99. The number of hydrogen-bond acceptors (Lipinski definition) is 3. The van der Waals surface area contributed by atoms with Crippen molar-refractivity contribution in [3.05, 3.63) is 24.3 Å². The molecule has 0 aliphatic carbocycles. The molecule has 0 heterocycles. The quantitative estimate of drug-likeness (QED) is 0.778. The molecule has 0 saturated heterocycles.